The van der Waals surface area contributed by atoms with Gasteiger partial charge in [-0.1, -0.05) is 25.1 Å². The summed E-state index contributed by atoms with van der Waals surface area (Å²) in [5, 5.41) is 0. The maximum absolute atomic E-state index is 12.5. The summed E-state index contributed by atoms with van der Waals surface area (Å²) in [5.74, 6) is -0.366. The van der Waals surface area contributed by atoms with E-state index in [9.17, 15) is 9.59 Å². The minimum Gasteiger partial charge on any atom is -0.464 e. The molecule has 1 aliphatic rings. The third kappa shape index (κ3) is 1.68. The highest BCUT2D eigenvalue weighted by Crippen LogP contribution is 2.43. The van der Waals surface area contributed by atoms with Gasteiger partial charge in [-0.25, -0.2) is 0 Å². The monoisotopic (exact) mass is 247 g/mol. The van der Waals surface area contributed by atoms with E-state index in [1.807, 2.05) is 31.2 Å². The van der Waals surface area contributed by atoms with Crippen molar-refractivity contribution >= 4 is 17.6 Å². The number of likely N-dealkylation sites (N-methyl/N-ethyl adjacent to an activating group) is 1. The van der Waals surface area contributed by atoms with Crippen molar-refractivity contribution in [2.45, 2.75) is 25.7 Å². The largest absolute Gasteiger partial charge is 0.464 e. The Morgan fingerprint density at radius 2 is 2.06 bits per heavy atom. The highest BCUT2D eigenvalue weighted by Gasteiger charge is 2.49. The van der Waals surface area contributed by atoms with Crippen LogP contribution in [-0.2, 0) is 19.7 Å². The zero-order valence-corrected chi connectivity index (χ0v) is 10.9. The number of esters is 1. The van der Waals surface area contributed by atoms with Gasteiger partial charge in [-0.05, 0) is 18.1 Å². The molecule has 1 aliphatic heterocycles. The van der Waals surface area contributed by atoms with Gasteiger partial charge in [0.15, 0.2) is 0 Å². The Labute approximate surface area is 107 Å². The van der Waals surface area contributed by atoms with Crippen LogP contribution in [0.5, 0.6) is 0 Å². The summed E-state index contributed by atoms with van der Waals surface area (Å²) in [6.07, 6.45) is 0.612. The highest BCUT2D eigenvalue weighted by atomic mass is 16.5. The molecular formula is C14H17NO3. The molecule has 0 unspecified atom stereocenters. The lowest BCUT2D eigenvalue weighted by molar-refractivity contribution is -0.144. The maximum atomic E-state index is 12.5. The number of anilines is 1. The van der Waals surface area contributed by atoms with Crippen LogP contribution in [0.4, 0.5) is 5.69 Å². The molecule has 0 aromatic heterocycles. The molecule has 0 radical (unpaired) electrons. The summed E-state index contributed by atoms with van der Waals surface area (Å²) in [6, 6.07) is 7.66. The number of para-hydroxylation sites is 1. The van der Waals surface area contributed by atoms with Crippen LogP contribution in [0.1, 0.15) is 25.8 Å². The normalized spacial score (nSPS) is 21.9. The van der Waals surface area contributed by atoms with Gasteiger partial charge in [-0.3, -0.25) is 9.59 Å². The Hall–Kier alpha value is -1.84. The fourth-order valence-electron chi connectivity index (χ4n) is 2.52. The summed E-state index contributed by atoms with van der Waals surface area (Å²) >= 11 is 0. The van der Waals surface area contributed by atoms with Gasteiger partial charge in [0.25, 0.3) is 0 Å². The molecule has 1 aromatic rings. The molecule has 0 bridgehead atoms. The smallest absolute Gasteiger partial charge is 0.302 e. The van der Waals surface area contributed by atoms with E-state index in [0.717, 1.165) is 11.3 Å². The summed E-state index contributed by atoms with van der Waals surface area (Å²) in [4.78, 5) is 25.1. The fourth-order valence-corrected chi connectivity index (χ4v) is 2.52. The number of benzene rings is 1. The summed E-state index contributed by atoms with van der Waals surface area (Å²) in [7, 11) is 1.76. The van der Waals surface area contributed by atoms with Crippen LogP contribution >= 0.6 is 0 Å². The van der Waals surface area contributed by atoms with E-state index < -0.39 is 5.41 Å². The Morgan fingerprint density at radius 1 is 1.39 bits per heavy atom. The summed E-state index contributed by atoms with van der Waals surface area (Å²) < 4.78 is 5.11. The van der Waals surface area contributed by atoms with Crippen molar-refractivity contribution in [1.29, 1.82) is 0 Å². The first kappa shape index (κ1) is 12.6. The first-order valence-corrected chi connectivity index (χ1v) is 6.04. The van der Waals surface area contributed by atoms with E-state index in [0.29, 0.717) is 6.42 Å². The molecule has 2 rings (SSSR count). The zero-order chi connectivity index (χ0) is 13.3. The van der Waals surface area contributed by atoms with Crippen LogP contribution in [0.3, 0.4) is 0 Å². The van der Waals surface area contributed by atoms with Crippen molar-refractivity contribution in [1.82, 2.24) is 0 Å². The zero-order valence-electron chi connectivity index (χ0n) is 10.9. The summed E-state index contributed by atoms with van der Waals surface area (Å²) in [6.45, 7) is 3.41. The maximum Gasteiger partial charge on any atom is 0.302 e. The lowest BCUT2D eigenvalue weighted by atomic mass is 9.80. The third-order valence-electron chi connectivity index (χ3n) is 3.62. The number of nitrogens with zero attached hydrogens (tertiary/aromatic N) is 1. The minimum atomic E-state index is -0.725. The van der Waals surface area contributed by atoms with Gasteiger partial charge in [-0.2, -0.15) is 0 Å². The molecule has 1 amide bonds. The van der Waals surface area contributed by atoms with Crippen LogP contribution in [0.2, 0.25) is 0 Å². The van der Waals surface area contributed by atoms with Crippen LogP contribution in [0.15, 0.2) is 24.3 Å². The van der Waals surface area contributed by atoms with Crippen molar-refractivity contribution in [2.24, 2.45) is 0 Å². The van der Waals surface area contributed by atoms with Gasteiger partial charge < -0.3 is 9.64 Å². The molecule has 0 saturated heterocycles. The minimum absolute atomic E-state index is 0.00699. The number of hydrogen-bond donors (Lipinski definition) is 0. The fraction of sp³-hybridized carbons (Fsp3) is 0.429. The molecule has 1 heterocycles. The van der Waals surface area contributed by atoms with Crippen molar-refractivity contribution in [3.63, 3.8) is 0 Å². The number of carbonyl (C=O) groups is 2. The van der Waals surface area contributed by atoms with Crippen molar-refractivity contribution in [3.05, 3.63) is 29.8 Å². The van der Waals surface area contributed by atoms with E-state index in [2.05, 4.69) is 0 Å². The Morgan fingerprint density at radius 3 is 2.67 bits per heavy atom. The van der Waals surface area contributed by atoms with Crippen molar-refractivity contribution in [2.75, 3.05) is 18.6 Å². The van der Waals surface area contributed by atoms with Gasteiger partial charge in [0.05, 0.1) is 0 Å². The lowest BCUT2D eigenvalue weighted by Gasteiger charge is -2.25. The predicted octanol–water partition coefficient (Wildman–Crippen LogP) is 1.87. The molecule has 4 heteroatoms. The van der Waals surface area contributed by atoms with Crippen molar-refractivity contribution in [3.8, 4) is 0 Å². The number of hydrogen-bond acceptors (Lipinski definition) is 3. The molecular weight excluding hydrogens is 230 g/mol. The highest BCUT2D eigenvalue weighted by molar-refractivity contribution is 6.07. The molecule has 0 saturated carbocycles. The average Bonchev–Trinajstić information content (AvgIpc) is 2.59. The Bertz CT molecular complexity index is 498. The Kier molecular flexibility index (Phi) is 3.11. The van der Waals surface area contributed by atoms with Gasteiger partial charge >= 0.3 is 5.97 Å². The van der Waals surface area contributed by atoms with E-state index in [-0.39, 0.29) is 18.5 Å². The summed E-state index contributed by atoms with van der Waals surface area (Å²) in [5.41, 5.74) is 1.12. The van der Waals surface area contributed by atoms with Crippen LogP contribution in [0, 0.1) is 0 Å². The third-order valence-corrected chi connectivity index (χ3v) is 3.62. The molecule has 0 spiro atoms. The molecule has 1 atom stereocenters. The van der Waals surface area contributed by atoms with E-state index in [1.54, 1.807) is 11.9 Å². The van der Waals surface area contributed by atoms with Gasteiger partial charge in [-0.15, -0.1) is 0 Å². The molecule has 1 aromatic carbocycles. The first-order valence-electron chi connectivity index (χ1n) is 6.04. The van der Waals surface area contributed by atoms with E-state index in [1.165, 1.54) is 6.92 Å². The average molecular weight is 247 g/mol. The molecule has 0 fully saturated rings. The second kappa shape index (κ2) is 4.44. The predicted molar refractivity (Wildman–Crippen MR) is 68.5 cm³/mol. The molecule has 96 valence electrons. The Balaban J connectivity index is 2.47. The number of ether oxygens (including phenoxy) is 1. The van der Waals surface area contributed by atoms with Crippen LogP contribution in [0.25, 0.3) is 0 Å². The topological polar surface area (TPSA) is 46.6 Å². The van der Waals surface area contributed by atoms with E-state index in [4.69, 9.17) is 4.74 Å². The van der Waals surface area contributed by atoms with E-state index >= 15 is 0 Å². The first-order chi connectivity index (χ1) is 8.53. The van der Waals surface area contributed by atoms with Crippen LogP contribution in [-0.4, -0.2) is 25.5 Å². The number of fused-ring (bicyclic) bond motifs is 1. The standard InChI is InChI=1S/C14H17NO3/c1-4-14(9-18-10(2)16)11-7-5-6-8-12(11)15(3)13(14)17/h5-8H,4,9H2,1-3H3/t14-/m0/s1. The molecule has 4 nitrogen and oxygen atoms in total. The quantitative estimate of drug-likeness (QED) is 0.766. The van der Waals surface area contributed by atoms with Crippen molar-refractivity contribution < 1.29 is 14.3 Å². The SMILES string of the molecule is CC[C@@]1(COC(C)=O)C(=O)N(C)c2ccccc21. The molecule has 18 heavy (non-hydrogen) atoms. The number of carbonyl (C=O) groups excluding carboxylic acids is 2. The van der Waals surface area contributed by atoms with Gasteiger partial charge in [0.2, 0.25) is 5.91 Å². The number of amides is 1. The van der Waals surface area contributed by atoms with Gasteiger partial charge in [0, 0.05) is 19.7 Å². The lowest BCUT2D eigenvalue weighted by Crippen LogP contribution is -2.42. The number of rotatable bonds is 3. The van der Waals surface area contributed by atoms with Gasteiger partial charge in [0.1, 0.15) is 12.0 Å². The molecule has 0 aliphatic carbocycles. The van der Waals surface area contributed by atoms with Crippen LogP contribution < -0.4 is 4.90 Å². The second-order valence-electron chi connectivity index (χ2n) is 4.60. The molecule has 0 N–H and O–H groups in total. The second-order valence-corrected chi connectivity index (χ2v) is 4.60.